The van der Waals surface area contributed by atoms with Crippen LogP contribution in [0.2, 0.25) is 0 Å². The quantitative estimate of drug-likeness (QED) is 0.789. The first-order valence-electron chi connectivity index (χ1n) is 10.00. The molecule has 0 radical (unpaired) electrons. The minimum Gasteiger partial charge on any atom is -0.462 e. The van der Waals surface area contributed by atoms with E-state index in [4.69, 9.17) is 4.74 Å². The largest absolute Gasteiger partial charge is 0.462 e. The van der Waals surface area contributed by atoms with Crippen LogP contribution in [0.5, 0.6) is 0 Å². The number of nitrogens with zero attached hydrogens (tertiary/aromatic N) is 1. The van der Waals surface area contributed by atoms with Gasteiger partial charge in [0.25, 0.3) is 0 Å². The number of carbonyl (C=O) groups is 2. The van der Waals surface area contributed by atoms with Crippen LogP contribution in [0, 0.1) is 0 Å². The molecular weight excluding hydrogens is 364 g/mol. The SMILES string of the molecule is CC1=C(C(=O)OCCc2ccccc2)[C@H](c2cccnc2)C2=C(CCCC2=O)N1. The Morgan fingerprint density at radius 2 is 2.00 bits per heavy atom. The van der Waals surface area contributed by atoms with Crippen LogP contribution in [0.25, 0.3) is 0 Å². The summed E-state index contributed by atoms with van der Waals surface area (Å²) in [5, 5.41) is 3.30. The number of aromatic nitrogens is 1. The monoisotopic (exact) mass is 388 g/mol. The van der Waals surface area contributed by atoms with Crippen LogP contribution in [-0.4, -0.2) is 23.3 Å². The maximum atomic E-state index is 13.1. The first kappa shape index (κ1) is 19.1. The van der Waals surface area contributed by atoms with Crippen LogP contribution in [0.1, 0.15) is 43.2 Å². The van der Waals surface area contributed by atoms with E-state index in [1.165, 1.54) is 0 Å². The Morgan fingerprint density at radius 1 is 1.17 bits per heavy atom. The fraction of sp³-hybridized carbons (Fsp3) is 0.292. The van der Waals surface area contributed by atoms with Gasteiger partial charge < -0.3 is 10.1 Å². The average molecular weight is 388 g/mol. The van der Waals surface area contributed by atoms with Gasteiger partial charge in [-0.1, -0.05) is 36.4 Å². The number of ether oxygens (including phenoxy) is 1. The summed E-state index contributed by atoms with van der Waals surface area (Å²) in [6, 6.07) is 13.7. The van der Waals surface area contributed by atoms with Crippen molar-refractivity contribution >= 4 is 11.8 Å². The second kappa shape index (κ2) is 8.43. The van der Waals surface area contributed by atoms with Gasteiger partial charge in [0.2, 0.25) is 0 Å². The molecule has 0 unspecified atom stereocenters. The number of Topliss-reactive ketones (excluding diaryl/α,β-unsaturated/α-hetero) is 1. The molecule has 1 aliphatic heterocycles. The van der Waals surface area contributed by atoms with Crippen LogP contribution < -0.4 is 5.32 Å². The first-order valence-corrected chi connectivity index (χ1v) is 10.00. The Hall–Kier alpha value is -3.21. The Labute approximate surface area is 170 Å². The molecule has 1 aromatic heterocycles. The van der Waals surface area contributed by atoms with E-state index >= 15 is 0 Å². The van der Waals surface area contributed by atoms with Gasteiger partial charge in [0, 0.05) is 48.1 Å². The fourth-order valence-electron chi connectivity index (χ4n) is 4.12. The molecule has 0 bridgehead atoms. The number of esters is 1. The van der Waals surface area contributed by atoms with E-state index in [1.807, 2.05) is 49.4 Å². The van der Waals surface area contributed by atoms with Crippen molar-refractivity contribution in [1.82, 2.24) is 10.3 Å². The topological polar surface area (TPSA) is 68.3 Å². The molecule has 1 aliphatic carbocycles. The number of dihydropyridines is 1. The summed E-state index contributed by atoms with van der Waals surface area (Å²) in [5.74, 6) is -0.726. The number of allylic oxidation sites excluding steroid dienone is 3. The highest BCUT2D eigenvalue weighted by atomic mass is 16.5. The van der Waals surface area contributed by atoms with Crippen molar-refractivity contribution in [3.05, 3.63) is 88.5 Å². The summed E-state index contributed by atoms with van der Waals surface area (Å²) in [6.45, 7) is 2.17. The maximum Gasteiger partial charge on any atom is 0.336 e. The van der Waals surface area contributed by atoms with Crippen molar-refractivity contribution in [2.45, 2.75) is 38.5 Å². The molecule has 0 saturated carbocycles. The number of ketones is 1. The number of nitrogens with one attached hydrogen (secondary N) is 1. The third-order valence-electron chi connectivity index (χ3n) is 5.48. The zero-order valence-corrected chi connectivity index (χ0v) is 16.5. The van der Waals surface area contributed by atoms with E-state index < -0.39 is 5.92 Å². The molecule has 148 valence electrons. The molecule has 5 heteroatoms. The van der Waals surface area contributed by atoms with E-state index in [1.54, 1.807) is 12.4 Å². The maximum absolute atomic E-state index is 13.1. The lowest BCUT2D eigenvalue weighted by molar-refractivity contribution is -0.139. The van der Waals surface area contributed by atoms with Gasteiger partial charge in [-0.2, -0.15) is 0 Å². The highest BCUT2D eigenvalue weighted by Gasteiger charge is 2.39. The normalized spacial score (nSPS) is 18.9. The van der Waals surface area contributed by atoms with Crippen molar-refractivity contribution in [3.8, 4) is 0 Å². The van der Waals surface area contributed by atoms with Crippen LogP contribution in [0.4, 0.5) is 0 Å². The molecule has 2 aromatic rings. The first-order chi connectivity index (χ1) is 14.1. The second-order valence-electron chi connectivity index (χ2n) is 7.42. The second-order valence-corrected chi connectivity index (χ2v) is 7.42. The van der Waals surface area contributed by atoms with Gasteiger partial charge >= 0.3 is 5.97 Å². The highest BCUT2D eigenvalue weighted by molar-refractivity contribution is 6.03. The van der Waals surface area contributed by atoms with E-state index in [9.17, 15) is 9.59 Å². The summed E-state index contributed by atoms with van der Waals surface area (Å²) in [4.78, 5) is 30.1. The van der Waals surface area contributed by atoms with Crippen LogP contribution in [0.15, 0.2) is 77.4 Å². The molecule has 4 rings (SSSR count). The Bertz CT molecular complexity index is 978. The van der Waals surface area contributed by atoms with E-state index in [2.05, 4.69) is 10.3 Å². The van der Waals surface area contributed by atoms with Crippen LogP contribution in [-0.2, 0) is 20.7 Å². The molecule has 0 amide bonds. The number of hydrogen-bond donors (Lipinski definition) is 1. The lowest BCUT2D eigenvalue weighted by atomic mass is 9.75. The molecule has 29 heavy (non-hydrogen) atoms. The predicted molar refractivity (Wildman–Crippen MR) is 110 cm³/mol. The van der Waals surface area contributed by atoms with Crippen LogP contribution >= 0.6 is 0 Å². The lowest BCUT2D eigenvalue weighted by Crippen LogP contribution is -2.34. The molecule has 1 N–H and O–H groups in total. The molecule has 2 aliphatic rings. The van der Waals surface area contributed by atoms with Crippen molar-refractivity contribution in [1.29, 1.82) is 0 Å². The minimum absolute atomic E-state index is 0.0923. The van der Waals surface area contributed by atoms with Gasteiger partial charge in [-0.15, -0.1) is 0 Å². The van der Waals surface area contributed by atoms with Crippen molar-refractivity contribution in [3.63, 3.8) is 0 Å². The molecule has 1 aromatic carbocycles. The highest BCUT2D eigenvalue weighted by Crippen LogP contribution is 2.42. The Morgan fingerprint density at radius 3 is 2.76 bits per heavy atom. The van der Waals surface area contributed by atoms with Gasteiger partial charge in [0.1, 0.15) is 0 Å². The minimum atomic E-state index is -0.433. The number of hydrogen-bond acceptors (Lipinski definition) is 5. The summed E-state index contributed by atoms with van der Waals surface area (Å²) < 4.78 is 5.63. The number of benzene rings is 1. The summed E-state index contributed by atoms with van der Waals surface area (Å²) >= 11 is 0. The average Bonchev–Trinajstić information content (AvgIpc) is 2.74. The number of rotatable bonds is 5. The zero-order chi connectivity index (χ0) is 20.2. The molecule has 0 spiro atoms. The van der Waals surface area contributed by atoms with E-state index in [-0.39, 0.29) is 11.8 Å². The Balaban J connectivity index is 1.61. The van der Waals surface area contributed by atoms with Gasteiger partial charge in [-0.25, -0.2) is 4.79 Å². The molecule has 0 fully saturated rings. The zero-order valence-electron chi connectivity index (χ0n) is 16.5. The van der Waals surface area contributed by atoms with Gasteiger partial charge in [-0.05, 0) is 37.0 Å². The molecule has 2 heterocycles. The summed E-state index contributed by atoms with van der Waals surface area (Å²) in [7, 11) is 0. The lowest BCUT2D eigenvalue weighted by Gasteiger charge is -2.34. The molecular formula is C24H24N2O3. The molecule has 5 nitrogen and oxygen atoms in total. The third-order valence-corrected chi connectivity index (χ3v) is 5.48. The molecule has 1 atom stereocenters. The van der Waals surface area contributed by atoms with Gasteiger partial charge in [-0.3, -0.25) is 9.78 Å². The van der Waals surface area contributed by atoms with Crippen LogP contribution in [0.3, 0.4) is 0 Å². The van der Waals surface area contributed by atoms with E-state index in [0.29, 0.717) is 30.6 Å². The Kier molecular flexibility index (Phi) is 5.56. The smallest absolute Gasteiger partial charge is 0.336 e. The third kappa shape index (κ3) is 3.99. The number of carbonyl (C=O) groups excluding carboxylic acids is 2. The van der Waals surface area contributed by atoms with Crippen molar-refractivity contribution in [2.75, 3.05) is 6.61 Å². The van der Waals surface area contributed by atoms with E-state index in [0.717, 1.165) is 35.4 Å². The fourth-order valence-corrected chi connectivity index (χ4v) is 4.12. The number of pyridine rings is 1. The molecule has 0 saturated heterocycles. The summed E-state index contributed by atoms with van der Waals surface area (Å²) in [5.41, 5.74) is 4.81. The van der Waals surface area contributed by atoms with Gasteiger partial charge in [0.05, 0.1) is 12.2 Å². The summed E-state index contributed by atoms with van der Waals surface area (Å²) in [6.07, 6.45) is 6.22. The standard InChI is InChI=1S/C24H24N2O3/c1-16-21(24(28)29-14-12-17-7-3-2-4-8-17)22(18-9-6-13-25-15-18)23-19(26-16)10-5-11-20(23)27/h2-4,6-9,13,15,22,26H,5,10-12,14H2,1H3/t22-/m0/s1. The van der Waals surface area contributed by atoms with Gasteiger partial charge in [0.15, 0.2) is 5.78 Å². The van der Waals surface area contributed by atoms with Crippen molar-refractivity contribution in [2.24, 2.45) is 0 Å². The predicted octanol–water partition coefficient (Wildman–Crippen LogP) is 3.84. The van der Waals surface area contributed by atoms with Crippen molar-refractivity contribution < 1.29 is 14.3 Å².